The molecule has 1 aliphatic heterocycles. The molecule has 1 atom stereocenters. The first-order valence-electron chi connectivity index (χ1n) is 4.42. The van der Waals surface area contributed by atoms with Crippen LogP contribution in [0.4, 0.5) is 0 Å². The van der Waals surface area contributed by atoms with Gasteiger partial charge in [0.25, 0.3) is 0 Å². The van der Waals surface area contributed by atoms with Crippen LogP contribution in [0.2, 0.25) is 0 Å². The first-order valence-corrected chi connectivity index (χ1v) is 4.42. The fourth-order valence-electron chi connectivity index (χ4n) is 1.13. The standard InChI is InChI=1S/C8H16N2O3/c1-12-4-2-10-8(11)7-6-13-5-3-9-7/h7,9H,2-6H2,1H3,(H,10,11)/t7-/m1/s1. The second-order valence-electron chi connectivity index (χ2n) is 2.87. The molecular formula is C8H16N2O3. The smallest absolute Gasteiger partial charge is 0.239 e. The van der Waals surface area contributed by atoms with Crippen LogP contribution in [-0.2, 0) is 14.3 Å². The molecule has 5 heteroatoms. The van der Waals surface area contributed by atoms with Gasteiger partial charge in [-0.15, -0.1) is 0 Å². The van der Waals surface area contributed by atoms with Gasteiger partial charge in [-0.25, -0.2) is 0 Å². The largest absolute Gasteiger partial charge is 0.383 e. The van der Waals surface area contributed by atoms with Gasteiger partial charge in [0, 0.05) is 20.2 Å². The number of methoxy groups -OCH3 is 1. The second-order valence-corrected chi connectivity index (χ2v) is 2.87. The average molecular weight is 188 g/mol. The third-order valence-corrected chi connectivity index (χ3v) is 1.84. The van der Waals surface area contributed by atoms with E-state index in [1.807, 2.05) is 0 Å². The van der Waals surface area contributed by atoms with Crippen LogP contribution in [0.1, 0.15) is 0 Å². The number of nitrogens with one attached hydrogen (secondary N) is 2. The highest BCUT2D eigenvalue weighted by Crippen LogP contribution is 1.92. The molecule has 1 aliphatic rings. The van der Waals surface area contributed by atoms with Crippen molar-refractivity contribution in [2.45, 2.75) is 6.04 Å². The number of ether oxygens (including phenoxy) is 2. The summed E-state index contributed by atoms with van der Waals surface area (Å²) in [5.41, 5.74) is 0. The normalized spacial score (nSPS) is 22.7. The van der Waals surface area contributed by atoms with Crippen LogP contribution in [0.15, 0.2) is 0 Å². The molecule has 13 heavy (non-hydrogen) atoms. The lowest BCUT2D eigenvalue weighted by Crippen LogP contribution is -2.51. The predicted molar refractivity (Wildman–Crippen MR) is 47.5 cm³/mol. The van der Waals surface area contributed by atoms with Crippen molar-refractivity contribution in [3.8, 4) is 0 Å². The minimum absolute atomic E-state index is 0.0169. The van der Waals surface area contributed by atoms with Crippen molar-refractivity contribution in [2.24, 2.45) is 0 Å². The third-order valence-electron chi connectivity index (χ3n) is 1.84. The maximum Gasteiger partial charge on any atom is 0.239 e. The fraction of sp³-hybridized carbons (Fsp3) is 0.875. The van der Waals surface area contributed by atoms with Gasteiger partial charge in [-0.1, -0.05) is 0 Å². The van der Waals surface area contributed by atoms with Gasteiger partial charge in [0.1, 0.15) is 6.04 Å². The van der Waals surface area contributed by atoms with Gasteiger partial charge >= 0.3 is 0 Å². The summed E-state index contributed by atoms with van der Waals surface area (Å²) in [6.07, 6.45) is 0. The summed E-state index contributed by atoms with van der Waals surface area (Å²) in [7, 11) is 1.61. The van der Waals surface area contributed by atoms with Gasteiger partial charge in [-0.05, 0) is 0 Å². The Hall–Kier alpha value is -0.650. The average Bonchev–Trinajstić information content (AvgIpc) is 2.19. The lowest BCUT2D eigenvalue weighted by atomic mass is 10.2. The van der Waals surface area contributed by atoms with Crippen molar-refractivity contribution in [3.63, 3.8) is 0 Å². The molecule has 0 aromatic carbocycles. The minimum atomic E-state index is -0.203. The van der Waals surface area contributed by atoms with E-state index in [0.29, 0.717) is 26.4 Å². The fourth-order valence-corrected chi connectivity index (χ4v) is 1.13. The van der Waals surface area contributed by atoms with E-state index in [4.69, 9.17) is 9.47 Å². The highest BCUT2D eigenvalue weighted by Gasteiger charge is 2.20. The van der Waals surface area contributed by atoms with Gasteiger partial charge in [0.15, 0.2) is 0 Å². The van der Waals surface area contributed by atoms with E-state index in [1.54, 1.807) is 7.11 Å². The molecule has 0 spiro atoms. The predicted octanol–water partition coefficient (Wildman–Crippen LogP) is -1.26. The molecule has 0 aromatic rings. The number of amides is 1. The maximum atomic E-state index is 11.4. The van der Waals surface area contributed by atoms with Crippen LogP contribution in [0.5, 0.6) is 0 Å². The number of rotatable bonds is 4. The molecular weight excluding hydrogens is 172 g/mol. The first kappa shape index (κ1) is 10.4. The second kappa shape index (κ2) is 5.90. The monoisotopic (exact) mass is 188 g/mol. The molecule has 0 unspecified atom stereocenters. The molecule has 0 aromatic heterocycles. The van der Waals surface area contributed by atoms with Crippen molar-refractivity contribution in [1.29, 1.82) is 0 Å². The minimum Gasteiger partial charge on any atom is -0.383 e. The van der Waals surface area contributed by atoms with Gasteiger partial charge in [-0.3, -0.25) is 4.79 Å². The number of carbonyl (C=O) groups is 1. The van der Waals surface area contributed by atoms with Crippen LogP contribution in [0.3, 0.4) is 0 Å². The molecule has 0 radical (unpaired) electrons. The molecule has 1 amide bonds. The Bertz CT molecular complexity index is 157. The van der Waals surface area contributed by atoms with Gasteiger partial charge in [-0.2, -0.15) is 0 Å². The van der Waals surface area contributed by atoms with Crippen LogP contribution in [0.25, 0.3) is 0 Å². The zero-order valence-electron chi connectivity index (χ0n) is 7.84. The summed E-state index contributed by atoms with van der Waals surface area (Å²) in [5, 5.41) is 5.81. The Balaban J connectivity index is 2.13. The molecule has 0 bridgehead atoms. The topological polar surface area (TPSA) is 59.6 Å². The summed E-state index contributed by atoms with van der Waals surface area (Å²) < 4.78 is 9.97. The zero-order valence-corrected chi connectivity index (χ0v) is 7.84. The van der Waals surface area contributed by atoms with Crippen LogP contribution >= 0.6 is 0 Å². The van der Waals surface area contributed by atoms with Crippen molar-refractivity contribution in [1.82, 2.24) is 10.6 Å². The first-order chi connectivity index (χ1) is 6.34. The quantitative estimate of drug-likeness (QED) is 0.540. The van der Waals surface area contributed by atoms with E-state index in [1.165, 1.54) is 0 Å². The number of hydrogen-bond acceptors (Lipinski definition) is 4. The summed E-state index contributed by atoms with van der Waals surface area (Å²) in [6.45, 7) is 2.97. The Labute approximate surface area is 77.8 Å². The molecule has 1 rings (SSSR count). The van der Waals surface area contributed by atoms with E-state index >= 15 is 0 Å². The van der Waals surface area contributed by atoms with Crippen molar-refractivity contribution in [3.05, 3.63) is 0 Å². The van der Waals surface area contributed by atoms with Crippen LogP contribution in [0, 0.1) is 0 Å². The van der Waals surface area contributed by atoms with Crippen LogP contribution in [-0.4, -0.2) is 52.0 Å². The van der Waals surface area contributed by atoms with E-state index in [9.17, 15) is 4.79 Å². The Morgan fingerprint density at radius 1 is 1.77 bits per heavy atom. The SMILES string of the molecule is COCCNC(=O)[C@H]1COCCN1. The van der Waals surface area contributed by atoms with E-state index < -0.39 is 0 Å². The van der Waals surface area contributed by atoms with Crippen molar-refractivity contribution >= 4 is 5.91 Å². The summed E-state index contributed by atoms with van der Waals surface area (Å²) in [4.78, 5) is 11.4. The molecule has 0 saturated carbocycles. The van der Waals surface area contributed by atoms with Gasteiger partial charge < -0.3 is 20.1 Å². The van der Waals surface area contributed by atoms with E-state index in [0.717, 1.165) is 6.54 Å². The van der Waals surface area contributed by atoms with Crippen LogP contribution < -0.4 is 10.6 Å². The molecule has 2 N–H and O–H groups in total. The Kier molecular flexibility index (Phi) is 4.74. The van der Waals surface area contributed by atoms with Gasteiger partial charge in [0.2, 0.25) is 5.91 Å². The highest BCUT2D eigenvalue weighted by molar-refractivity contribution is 5.81. The van der Waals surface area contributed by atoms with Gasteiger partial charge in [0.05, 0.1) is 19.8 Å². The molecule has 1 fully saturated rings. The van der Waals surface area contributed by atoms with E-state index in [-0.39, 0.29) is 11.9 Å². The number of carbonyl (C=O) groups excluding carboxylic acids is 1. The summed E-state index contributed by atoms with van der Waals surface area (Å²) in [5.74, 6) is -0.0169. The summed E-state index contributed by atoms with van der Waals surface area (Å²) in [6, 6.07) is -0.203. The highest BCUT2D eigenvalue weighted by atomic mass is 16.5. The van der Waals surface area contributed by atoms with Crippen molar-refractivity contribution in [2.75, 3.05) is 40.0 Å². The Morgan fingerprint density at radius 3 is 3.23 bits per heavy atom. The number of hydrogen-bond donors (Lipinski definition) is 2. The molecule has 0 aliphatic carbocycles. The molecule has 1 saturated heterocycles. The lowest BCUT2D eigenvalue weighted by molar-refractivity contribution is -0.126. The lowest BCUT2D eigenvalue weighted by Gasteiger charge is -2.22. The van der Waals surface area contributed by atoms with Crippen molar-refractivity contribution < 1.29 is 14.3 Å². The zero-order chi connectivity index (χ0) is 9.52. The van der Waals surface area contributed by atoms with E-state index in [2.05, 4.69) is 10.6 Å². The Morgan fingerprint density at radius 2 is 2.62 bits per heavy atom. The number of morpholine rings is 1. The summed E-state index contributed by atoms with van der Waals surface area (Å²) >= 11 is 0. The molecule has 76 valence electrons. The third kappa shape index (κ3) is 3.71. The molecule has 1 heterocycles. The maximum absolute atomic E-state index is 11.4. The molecule has 5 nitrogen and oxygen atoms in total.